The van der Waals surface area contributed by atoms with Crippen LogP contribution in [-0.2, 0) is 6.18 Å². The summed E-state index contributed by atoms with van der Waals surface area (Å²) in [4.78, 5) is 0. The minimum absolute atomic E-state index is 0.118. The van der Waals surface area contributed by atoms with Gasteiger partial charge >= 0.3 is 6.18 Å². The van der Waals surface area contributed by atoms with Crippen LogP contribution < -0.4 is 10.5 Å². The summed E-state index contributed by atoms with van der Waals surface area (Å²) in [6.45, 7) is 0. The molecule has 19 heavy (non-hydrogen) atoms. The molecule has 2 rings (SSSR count). The smallest absolute Gasteiger partial charge is 0.419 e. The van der Waals surface area contributed by atoms with Crippen LogP contribution in [0.25, 0.3) is 0 Å². The molecule has 0 amide bonds. The lowest BCUT2D eigenvalue weighted by Gasteiger charge is -2.14. The van der Waals surface area contributed by atoms with Crippen molar-refractivity contribution >= 4 is 17.3 Å². The van der Waals surface area contributed by atoms with Crippen molar-refractivity contribution in [1.29, 1.82) is 0 Å². The van der Waals surface area contributed by atoms with Gasteiger partial charge in [0, 0.05) is 5.69 Å². The number of rotatable bonds is 2. The predicted octanol–water partition coefficient (Wildman–Crippen LogP) is 4.73. The summed E-state index contributed by atoms with van der Waals surface area (Å²) in [5.41, 5.74) is 5.05. The Bertz CT molecular complexity index is 599. The van der Waals surface area contributed by atoms with Crippen molar-refractivity contribution in [3.63, 3.8) is 0 Å². The van der Waals surface area contributed by atoms with Gasteiger partial charge in [0.2, 0.25) is 0 Å². The van der Waals surface area contributed by atoms with Gasteiger partial charge in [0.15, 0.2) is 0 Å². The Hall–Kier alpha value is -1.88. The second kappa shape index (κ2) is 5.01. The maximum Gasteiger partial charge on any atom is 0.419 e. The van der Waals surface area contributed by atoms with Crippen LogP contribution in [0.1, 0.15) is 5.56 Å². The summed E-state index contributed by atoms with van der Waals surface area (Å²) in [5.74, 6) is -0.186. The molecule has 100 valence electrons. The van der Waals surface area contributed by atoms with Gasteiger partial charge in [0.1, 0.15) is 11.5 Å². The maximum absolute atomic E-state index is 12.8. The molecule has 6 heteroatoms. The molecule has 2 aromatic carbocycles. The van der Waals surface area contributed by atoms with Crippen molar-refractivity contribution in [2.75, 3.05) is 5.73 Å². The number of ether oxygens (including phenoxy) is 1. The van der Waals surface area contributed by atoms with Crippen LogP contribution in [-0.4, -0.2) is 0 Å². The molecule has 0 saturated carbocycles. The molecule has 0 radical (unpaired) electrons. The first-order valence-electron chi connectivity index (χ1n) is 5.27. The third kappa shape index (κ3) is 3.12. The van der Waals surface area contributed by atoms with Gasteiger partial charge in [-0.15, -0.1) is 0 Å². The van der Waals surface area contributed by atoms with Gasteiger partial charge < -0.3 is 10.5 Å². The molecule has 2 N–H and O–H groups in total. The number of nitrogens with two attached hydrogens (primary N) is 1. The molecular weight excluding hydrogens is 279 g/mol. The highest BCUT2D eigenvalue weighted by Crippen LogP contribution is 2.39. The minimum Gasteiger partial charge on any atom is -0.455 e. The summed E-state index contributed by atoms with van der Waals surface area (Å²) in [7, 11) is 0. The van der Waals surface area contributed by atoms with Crippen molar-refractivity contribution in [2.45, 2.75) is 6.18 Å². The first kappa shape index (κ1) is 13.5. The average molecular weight is 288 g/mol. The lowest BCUT2D eigenvalue weighted by Crippen LogP contribution is -2.06. The SMILES string of the molecule is Nc1ccc(Oc2ccccc2C(F)(F)F)c(Cl)c1. The Morgan fingerprint density at radius 3 is 2.32 bits per heavy atom. The van der Waals surface area contributed by atoms with Crippen molar-refractivity contribution in [2.24, 2.45) is 0 Å². The average Bonchev–Trinajstić information content (AvgIpc) is 2.32. The number of halogens is 4. The zero-order chi connectivity index (χ0) is 14.0. The van der Waals surface area contributed by atoms with E-state index in [2.05, 4.69) is 0 Å². The molecule has 0 aliphatic rings. The first-order valence-corrected chi connectivity index (χ1v) is 5.65. The second-order valence-corrected chi connectivity index (χ2v) is 4.19. The van der Waals surface area contributed by atoms with E-state index in [1.807, 2.05) is 0 Å². The predicted molar refractivity (Wildman–Crippen MR) is 67.4 cm³/mol. The van der Waals surface area contributed by atoms with Gasteiger partial charge in [-0.05, 0) is 30.3 Å². The minimum atomic E-state index is -4.49. The quantitative estimate of drug-likeness (QED) is 0.810. The molecule has 0 heterocycles. The molecule has 0 bridgehead atoms. The summed E-state index contributed by atoms with van der Waals surface area (Å²) < 4.78 is 43.6. The number of hydrogen-bond acceptors (Lipinski definition) is 2. The Kier molecular flexibility index (Phi) is 3.57. The standard InChI is InChI=1S/C13H9ClF3NO/c14-10-7-8(18)5-6-12(10)19-11-4-2-1-3-9(11)13(15,16)17/h1-7H,18H2. The molecule has 0 fully saturated rings. The second-order valence-electron chi connectivity index (χ2n) is 3.79. The molecule has 0 unspecified atom stereocenters. The fourth-order valence-electron chi connectivity index (χ4n) is 1.51. The van der Waals surface area contributed by atoms with Crippen molar-refractivity contribution in [3.8, 4) is 11.5 Å². The maximum atomic E-state index is 12.8. The van der Waals surface area contributed by atoms with Crippen LogP contribution in [0.5, 0.6) is 11.5 Å². The highest BCUT2D eigenvalue weighted by molar-refractivity contribution is 6.32. The Morgan fingerprint density at radius 2 is 1.68 bits per heavy atom. The lowest BCUT2D eigenvalue weighted by molar-refractivity contribution is -0.138. The van der Waals surface area contributed by atoms with E-state index in [9.17, 15) is 13.2 Å². The van der Waals surface area contributed by atoms with Crippen molar-refractivity contribution in [3.05, 3.63) is 53.1 Å². The lowest BCUT2D eigenvalue weighted by atomic mass is 10.2. The number of nitrogen functional groups attached to an aromatic ring is 1. The summed E-state index contributed by atoms with van der Waals surface area (Å²) in [6.07, 6.45) is -4.49. The van der Waals surface area contributed by atoms with E-state index in [4.69, 9.17) is 22.1 Å². The first-order chi connectivity index (χ1) is 8.88. The van der Waals surface area contributed by atoms with Gasteiger partial charge in [-0.25, -0.2) is 0 Å². The topological polar surface area (TPSA) is 35.2 Å². The van der Waals surface area contributed by atoms with Gasteiger partial charge in [0.25, 0.3) is 0 Å². The van der Waals surface area contributed by atoms with Gasteiger partial charge in [-0.1, -0.05) is 23.7 Å². The normalized spacial score (nSPS) is 11.4. The van der Waals surface area contributed by atoms with E-state index in [1.54, 1.807) is 0 Å². The molecule has 0 aromatic heterocycles. The number of anilines is 1. The zero-order valence-electron chi connectivity index (χ0n) is 9.54. The number of benzene rings is 2. The third-order valence-electron chi connectivity index (χ3n) is 2.37. The van der Waals surface area contributed by atoms with E-state index < -0.39 is 11.7 Å². The van der Waals surface area contributed by atoms with E-state index in [-0.39, 0.29) is 16.5 Å². The Morgan fingerprint density at radius 1 is 1.00 bits per heavy atom. The fraction of sp³-hybridized carbons (Fsp3) is 0.0769. The molecule has 2 nitrogen and oxygen atoms in total. The molecule has 0 aliphatic carbocycles. The van der Waals surface area contributed by atoms with Crippen LogP contribution in [0, 0.1) is 0 Å². The number of hydrogen-bond donors (Lipinski definition) is 1. The summed E-state index contributed by atoms with van der Waals surface area (Å²) in [5, 5.41) is 0.150. The largest absolute Gasteiger partial charge is 0.455 e. The van der Waals surface area contributed by atoms with Gasteiger partial charge in [0.05, 0.1) is 10.6 Å². The molecule has 2 aromatic rings. The highest BCUT2D eigenvalue weighted by Gasteiger charge is 2.34. The van der Waals surface area contributed by atoms with Gasteiger partial charge in [-0.2, -0.15) is 13.2 Å². The number of alkyl halides is 3. The van der Waals surface area contributed by atoms with Crippen LogP contribution in [0.2, 0.25) is 5.02 Å². The third-order valence-corrected chi connectivity index (χ3v) is 2.66. The van der Waals surface area contributed by atoms with E-state index in [0.717, 1.165) is 6.07 Å². The zero-order valence-corrected chi connectivity index (χ0v) is 10.3. The Balaban J connectivity index is 2.39. The van der Waals surface area contributed by atoms with E-state index in [1.165, 1.54) is 36.4 Å². The highest BCUT2D eigenvalue weighted by atomic mass is 35.5. The summed E-state index contributed by atoms with van der Waals surface area (Å²) in [6, 6.07) is 9.25. The van der Waals surface area contributed by atoms with E-state index in [0.29, 0.717) is 5.69 Å². The van der Waals surface area contributed by atoms with Gasteiger partial charge in [-0.3, -0.25) is 0 Å². The van der Waals surface area contributed by atoms with Crippen LogP contribution in [0.15, 0.2) is 42.5 Å². The molecular formula is C13H9ClF3NO. The van der Waals surface area contributed by atoms with Crippen molar-refractivity contribution < 1.29 is 17.9 Å². The molecule has 0 aliphatic heterocycles. The van der Waals surface area contributed by atoms with Crippen LogP contribution >= 0.6 is 11.6 Å². The summed E-state index contributed by atoms with van der Waals surface area (Å²) >= 11 is 5.86. The van der Waals surface area contributed by atoms with E-state index >= 15 is 0 Å². The fourth-order valence-corrected chi connectivity index (χ4v) is 1.74. The Labute approximate surface area is 112 Å². The molecule has 0 spiro atoms. The number of para-hydroxylation sites is 1. The van der Waals surface area contributed by atoms with Crippen LogP contribution in [0.4, 0.5) is 18.9 Å². The molecule has 0 saturated heterocycles. The monoisotopic (exact) mass is 287 g/mol. The van der Waals surface area contributed by atoms with Crippen LogP contribution in [0.3, 0.4) is 0 Å². The molecule has 0 atom stereocenters. The van der Waals surface area contributed by atoms with Crippen molar-refractivity contribution in [1.82, 2.24) is 0 Å².